The van der Waals surface area contributed by atoms with E-state index in [1.807, 2.05) is 9.80 Å². The maximum absolute atomic E-state index is 12.9. The van der Waals surface area contributed by atoms with E-state index < -0.39 is 11.7 Å². The Labute approximate surface area is 183 Å². The predicted octanol–water partition coefficient (Wildman–Crippen LogP) is 4.08. The first kappa shape index (κ1) is 25.2. The number of carbonyl (C=O) groups excluding carboxylic acids is 1. The van der Waals surface area contributed by atoms with Crippen molar-refractivity contribution in [1.29, 1.82) is 0 Å². The minimum atomic E-state index is -4.38. The molecule has 1 fully saturated rings. The number of likely N-dealkylation sites (N-methyl/N-ethyl adjacent to an activating group) is 1. The lowest BCUT2D eigenvalue weighted by molar-refractivity contribution is -0.137. The lowest BCUT2D eigenvalue weighted by atomic mass is 10.1. The zero-order chi connectivity index (χ0) is 23.0. The second-order valence-electron chi connectivity index (χ2n) is 8.48. The van der Waals surface area contributed by atoms with E-state index in [1.165, 1.54) is 6.07 Å². The third-order valence-corrected chi connectivity index (χ3v) is 5.68. The van der Waals surface area contributed by atoms with Crippen LogP contribution in [0.1, 0.15) is 46.1 Å². The summed E-state index contributed by atoms with van der Waals surface area (Å²) in [7, 11) is 0. The Morgan fingerprint density at radius 1 is 1.19 bits per heavy atom. The molecule has 1 N–H and O–H groups in total. The van der Waals surface area contributed by atoms with Gasteiger partial charge < -0.3 is 20.0 Å². The van der Waals surface area contributed by atoms with Crippen LogP contribution in [0.15, 0.2) is 18.3 Å². The van der Waals surface area contributed by atoms with Gasteiger partial charge in [0.1, 0.15) is 5.82 Å². The van der Waals surface area contributed by atoms with E-state index in [0.29, 0.717) is 37.9 Å². The Bertz CT molecular complexity index is 669. The average Bonchev–Trinajstić information content (AvgIpc) is 2.73. The van der Waals surface area contributed by atoms with Gasteiger partial charge in [-0.2, -0.15) is 13.2 Å². The monoisotopic (exact) mass is 443 g/mol. The minimum absolute atomic E-state index is 0.0352. The summed E-state index contributed by atoms with van der Waals surface area (Å²) in [4.78, 5) is 23.0. The van der Waals surface area contributed by atoms with Crippen molar-refractivity contribution in [3.05, 3.63) is 23.9 Å². The third kappa shape index (κ3) is 7.87. The van der Waals surface area contributed by atoms with Gasteiger partial charge in [0.2, 0.25) is 0 Å². The molecule has 1 aromatic rings. The van der Waals surface area contributed by atoms with Crippen LogP contribution in [0, 0.1) is 5.92 Å². The van der Waals surface area contributed by atoms with Crippen molar-refractivity contribution in [1.82, 2.24) is 20.1 Å². The standard InChI is InChI=1S/C22H36F3N5O/c1-5-28(6-2)13-14-30(16-17(3)4)21(31)27-19-9-11-29(12-10-19)20-8-7-18(15-26-20)22(23,24)25/h7-8,15,17,19H,5-6,9-14,16H2,1-4H3,(H,27,31). The highest BCUT2D eigenvalue weighted by molar-refractivity contribution is 5.74. The number of hydrogen-bond acceptors (Lipinski definition) is 4. The molecule has 6 nitrogen and oxygen atoms in total. The van der Waals surface area contributed by atoms with Gasteiger partial charge in [-0.25, -0.2) is 9.78 Å². The number of carbonyl (C=O) groups is 1. The SMILES string of the molecule is CCN(CC)CCN(CC(C)C)C(=O)NC1CCN(c2ccc(C(F)(F)F)cn2)CC1. The molecule has 0 aromatic carbocycles. The summed E-state index contributed by atoms with van der Waals surface area (Å²) in [5.41, 5.74) is -0.742. The topological polar surface area (TPSA) is 51.7 Å². The summed E-state index contributed by atoms with van der Waals surface area (Å²) in [6.45, 7) is 13.9. The molecule has 9 heteroatoms. The van der Waals surface area contributed by atoms with Crippen LogP contribution in [0.2, 0.25) is 0 Å². The summed E-state index contributed by atoms with van der Waals surface area (Å²) in [5.74, 6) is 0.925. The van der Waals surface area contributed by atoms with Crippen molar-refractivity contribution in [3.63, 3.8) is 0 Å². The Balaban J connectivity index is 1.87. The second-order valence-corrected chi connectivity index (χ2v) is 8.48. The van der Waals surface area contributed by atoms with Crippen molar-refractivity contribution < 1.29 is 18.0 Å². The highest BCUT2D eigenvalue weighted by atomic mass is 19.4. The average molecular weight is 444 g/mol. The number of halogens is 3. The fraction of sp³-hybridized carbons (Fsp3) is 0.727. The number of piperidine rings is 1. The molecule has 0 unspecified atom stereocenters. The molecule has 0 saturated carbocycles. The smallest absolute Gasteiger partial charge is 0.356 e. The Morgan fingerprint density at radius 2 is 1.84 bits per heavy atom. The number of urea groups is 1. The van der Waals surface area contributed by atoms with Gasteiger partial charge in [-0.15, -0.1) is 0 Å². The number of hydrogen-bond donors (Lipinski definition) is 1. The molecular formula is C22H36F3N5O. The molecule has 176 valence electrons. The van der Waals surface area contributed by atoms with Gasteiger partial charge in [0, 0.05) is 45.0 Å². The van der Waals surface area contributed by atoms with E-state index in [2.05, 4.69) is 42.9 Å². The Kier molecular flexibility index (Phi) is 9.40. The fourth-order valence-electron chi connectivity index (χ4n) is 3.78. The van der Waals surface area contributed by atoms with E-state index in [9.17, 15) is 18.0 Å². The first-order valence-corrected chi connectivity index (χ1v) is 11.2. The molecule has 0 radical (unpaired) electrons. The number of pyridine rings is 1. The predicted molar refractivity (Wildman–Crippen MR) is 117 cm³/mol. The lowest BCUT2D eigenvalue weighted by Crippen LogP contribution is -2.51. The summed E-state index contributed by atoms with van der Waals surface area (Å²) >= 11 is 0. The van der Waals surface area contributed by atoms with Crippen LogP contribution in [-0.2, 0) is 6.18 Å². The van der Waals surface area contributed by atoms with Gasteiger partial charge >= 0.3 is 12.2 Å². The van der Waals surface area contributed by atoms with Crippen LogP contribution in [0.5, 0.6) is 0 Å². The molecule has 0 atom stereocenters. The minimum Gasteiger partial charge on any atom is -0.356 e. The number of nitrogens with zero attached hydrogens (tertiary/aromatic N) is 4. The van der Waals surface area contributed by atoms with Crippen LogP contribution in [-0.4, -0.2) is 72.7 Å². The molecule has 1 aromatic heterocycles. The van der Waals surface area contributed by atoms with E-state index in [0.717, 1.165) is 44.7 Å². The molecule has 2 amide bonds. The number of amides is 2. The van der Waals surface area contributed by atoms with Gasteiger partial charge in [-0.3, -0.25) is 0 Å². The van der Waals surface area contributed by atoms with E-state index in [4.69, 9.17) is 0 Å². The molecule has 0 bridgehead atoms. The number of nitrogens with one attached hydrogen (secondary N) is 1. The van der Waals surface area contributed by atoms with Crippen LogP contribution in [0.4, 0.5) is 23.8 Å². The van der Waals surface area contributed by atoms with Gasteiger partial charge in [-0.1, -0.05) is 27.7 Å². The zero-order valence-corrected chi connectivity index (χ0v) is 19.1. The fourth-order valence-corrected chi connectivity index (χ4v) is 3.78. The molecule has 2 rings (SSSR count). The zero-order valence-electron chi connectivity index (χ0n) is 19.1. The van der Waals surface area contributed by atoms with Crippen molar-refractivity contribution >= 4 is 11.8 Å². The normalized spacial score (nSPS) is 15.6. The lowest BCUT2D eigenvalue weighted by Gasteiger charge is -2.35. The number of alkyl halides is 3. The maximum Gasteiger partial charge on any atom is 0.417 e. The Morgan fingerprint density at radius 3 is 2.32 bits per heavy atom. The highest BCUT2D eigenvalue weighted by Crippen LogP contribution is 2.29. The number of aromatic nitrogens is 1. The first-order valence-electron chi connectivity index (χ1n) is 11.2. The van der Waals surface area contributed by atoms with Crippen molar-refractivity contribution in [2.75, 3.05) is 50.7 Å². The number of anilines is 1. The van der Waals surface area contributed by atoms with Gasteiger partial charge in [0.05, 0.1) is 5.56 Å². The van der Waals surface area contributed by atoms with Crippen molar-refractivity contribution in [2.24, 2.45) is 5.92 Å². The molecule has 31 heavy (non-hydrogen) atoms. The maximum atomic E-state index is 12.9. The molecule has 0 aliphatic carbocycles. The van der Waals surface area contributed by atoms with Crippen molar-refractivity contribution in [3.8, 4) is 0 Å². The van der Waals surface area contributed by atoms with E-state index in [-0.39, 0.29) is 12.1 Å². The second kappa shape index (κ2) is 11.5. The number of rotatable bonds is 9. The molecule has 1 aliphatic heterocycles. The van der Waals surface area contributed by atoms with Crippen molar-refractivity contribution in [2.45, 2.75) is 52.8 Å². The van der Waals surface area contributed by atoms with Gasteiger partial charge in [-0.05, 0) is 44.0 Å². The van der Waals surface area contributed by atoms with E-state index in [1.54, 1.807) is 0 Å². The molecule has 0 spiro atoms. The molecule has 1 aliphatic rings. The molecule has 1 saturated heterocycles. The molecule has 2 heterocycles. The summed E-state index contributed by atoms with van der Waals surface area (Å²) in [5, 5.41) is 3.16. The Hall–Kier alpha value is -2.03. The van der Waals surface area contributed by atoms with Gasteiger partial charge in [0.15, 0.2) is 0 Å². The van der Waals surface area contributed by atoms with Crippen LogP contribution in [0.3, 0.4) is 0 Å². The third-order valence-electron chi connectivity index (χ3n) is 5.68. The van der Waals surface area contributed by atoms with Crippen LogP contribution >= 0.6 is 0 Å². The summed E-state index contributed by atoms with van der Waals surface area (Å²) in [6, 6.07) is 2.50. The van der Waals surface area contributed by atoms with Crippen LogP contribution in [0.25, 0.3) is 0 Å². The highest BCUT2D eigenvalue weighted by Gasteiger charge is 2.31. The summed E-state index contributed by atoms with van der Waals surface area (Å²) < 4.78 is 38.2. The largest absolute Gasteiger partial charge is 0.417 e. The summed E-state index contributed by atoms with van der Waals surface area (Å²) in [6.07, 6.45) is -2.03. The van der Waals surface area contributed by atoms with E-state index >= 15 is 0 Å². The van der Waals surface area contributed by atoms with Gasteiger partial charge in [0.25, 0.3) is 0 Å². The molecular weight excluding hydrogens is 407 g/mol. The first-order chi connectivity index (χ1) is 14.6. The van der Waals surface area contributed by atoms with Crippen LogP contribution < -0.4 is 10.2 Å². The quantitative estimate of drug-likeness (QED) is 0.625.